The van der Waals surface area contributed by atoms with E-state index >= 15 is 0 Å². The van der Waals surface area contributed by atoms with Gasteiger partial charge in [-0.3, -0.25) is 19.7 Å². The molecule has 1 aliphatic heterocycles. The maximum absolute atomic E-state index is 13.0. The van der Waals surface area contributed by atoms with Crippen molar-refractivity contribution in [3.05, 3.63) is 89.0 Å². The number of sulfone groups is 1. The molecule has 1 aliphatic rings. The van der Waals surface area contributed by atoms with Crippen LogP contribution in [0.15, 0.2) is 71.6 Å². The third kappa shape index (κ3) is 7.11. The van der Waals surface area contributed by atoms with E-state index in [1.807, 2.05) is 6.07 Å². The van der Waals surface area contributed by atoms with Crippen molar-refractivity contribution in [2.24, 2.45) is 0 Å². The molecule has 1 N–H and O–H groups in total. The van der Waals surface area contributed by atoms with Crippen LogP contribution in [-0.2, 0) is 25.8 Å². The maximum Gasteiger partial charge on any atom is 0.234 e. The van der Waals surface area contributed by atoms with Crippen LogP contribution in [0.1, 0.15) is 59.2 Å². The van der Waals surface area contributed by atoms with E-state index in [2.05, 4.69) is 12.2 Å². The van der Waals surface area contributed by atoms with Crippen molar-refractivity contribution < 1.29 is 32.3 Å². The lowest BCUT2D eigenvalue weighted by Crippen LogP contribution is -2.21. The molecule has 39 heavy (non-hydrogen) atoms. The van der Waals surface area contributed by atoms with Crippen LogP contribution >= 0.6 is 0 Å². The van der Waals surface area contributed by atoms with Gasteiger partial charge in [0.25, 0.3) is 0 Å². The summed E-state index contributed by atoms with van der Waals surface area (Å²) in [6.07, 6.45) is 3.57. The second-order valence-electron chi connectivity index (χ2n) is 9.49. The first-order chi connectivity index (χ1) is 18.7. The molecule has 0 saturated carbocycles. The number of hydrogen-bond acceptors (Lipinski definition) is 7. The van der Waals surface area contributed by atoms with E-state index in [1.165, 1.54) is 24.3 Å². The number of rotatable bonds is 12. The zero-order chi connectivity index (χ0) is 28.0. The van der Waals surface area contributed by atoms with E-state index in [-0.39, 0.29) is 28.9 Å². The molecule has 8 nitrogen and oxygen atoms in total. The number of carbonyl (C=O) groups is 3. The molecule has 9 heteroatoms. The highest BCUT2D eigenvalue weighted by Crippen LogP contribution is 2.27. The van der Waals surface area contributed by atoms with Gasteiger partial charge in [-0.05, 0) is 72.1 Å². The highest BCUT2D eigenvalue weighted by atomic mass is 32.2. The summed E-state index contributed by atoms with van der Waals surface area (Å²) < 4.78 is 35.2. The van der Waals surface area contributed by atoms with E-state index in [1.54, 1.807) is 36.4 Å². The van der Waals surface area contributed by atoms with Gasteiger partial charge in [-0.15, -0.1) is 0 Å². The highest BCUT2D eigenvalue weighted by Gasteiger charge is 2.31. The average Bonchev–Trinajstić information content (AvgIpc) is 3.26. The topological polar surface area (TPSA) is 116 Å². The van der Waals surface area contributed by atoms with Crippen molar-refractivity contribution in [1.29, 1.82) is 0 Å². The van der Waals surface area contributed by atoms with Crippen LogP contribution < -0.4 is 14.8 Å². The molecule has 0 radical (unpaired) electrons. The van der Waals surface area contributed by atoms with Gasteiger partial charge in [0.1, 0.15) is 11.5 Å². The van der Waals surface area contributed by atoms with Gasteiger partial charge >= 0.3 is 0 Å². The third-order valence-electron chi connectivity index (χ3n) is 6.45. The molecule has 0 bridgehead atoms. The van der Waals surface area contributed by atoms with E-state index in [9.17, 15) is 22.8 Å². The van der Waals surface area contributed by atoms with Crippen molar-refractivity contribution in [1.82, 2.24) is 5.32 Å². The Kier molecular flexibility index (Phi) is 8.81. The molecule has 204 valence electrons. The molecular weight excluding hydrogens is 518 g/mol. The number of amides is 2. The van der Waals surface area contributed by atoms with Gasteiger partial charge in [-0.2, -0.15) is 0 Å². The zero-order valence-electron chi connectivity index (χ0n) is 21.9. The van der Waals surface area contributed by atoms with Gasteiger partial charge in [0, 0.05) is 30.2 Å². The predicted octanol–water partition coefficient (Wildman–Crippen LogP) is 4.25. The van der Waals surface area contributed by atoms with Crippen molar-refractivity contribution in [3.8, 4) is 11.5 Å². The van der Waals surface area contributed by atoms with Crippen molar-refractivity contribution in [2.45, 2.75) is 43.4 Å². The Labute approximate surface area is 228 Å². The average molecular weight is 550 g/mol. The summed E-state index contributed by atoms with van der Waals surface area (Å²) in [5.74, 6) is 0.235. The number of nitrogens with one attached hydrogen (secondary N) is 1. The van der Waals surface area contributed by atoms with Gasteiger partial charge in [0.05, 0.1) is 24.0 Å². The Morgan fingerprint density at radius 1 is 0.923 bits per heavy atom. The van der Waals surface area contributed by atoms with Crippen LogP contribution in [0.2, 0.25) is 0 Å². The number of hydrogen-bond donors (Lipinski definition) is 1. The van der Waals surface area contributed by atoms with E-state index < -0.39 is 15.8 Å². The van der Waals surface area contributed by atoms with E-state index in [0.717, 1.165) is 36.0 Å². The van der Waals surface area contributed by atoms with Gasteiger partial charge in [0.2, 0.25) is 11.8 Å². The molecule has 3 aromatic carbocycles. The van der Waals surface area contributed by atoms with E-state index in [4.69, 9.17) is 9.47 Å². The fourth-order valence-electron chi connectivity index (χ4n) is 4.40. The normalized spacial score (nSPS) is 15.2. The minimum Gasteiger partial charge on any atom is -0.493 e. The summed E-state index contributed by atoms with van der Waals surface area (Å²) in [7, 11) is -3.33. The summed E-state index contributed by atoms with van der Waals surface area (Å²) in [6.45, 7) is 2.92. The SMILES string of the molecule is CCCc1cc(C(=O)c2ccc(S(C)(=O)=O)cc2)ccc1OCCCOc1ccc(C2CC(=O)NC2=O)cc1. The number of carbonyl (C=O) groups excluding carboxylic acids is 3. The first-order valence-electron chi connectivity index (χ1n) is 12.8. The lowest BCUT2D eigenvalue weighted by Gasteiger charge is -2.13. The van der Waals surface area contributed by atoms with Gasteiger partial charge in [0.15, 0.2) is 15.6 Å². The van der Waals surface area contributed by atoms with Gasteiger partial charge < -0.3 is 9.47 Å². The molecule has 1 saturated heterocycles. The fraction of sp³-hybridized carbons (Fsp3) is 0.300. The Morgan fingerprint density at radius 2 is 1.59 bits per heavy atom. The van der Waals surface area contributed by atoms with Crippen LogP contribution in [0, 0.1) is 0 Å². The number of ketones is 1. The monoisotopic (exact) mass is 549 g/mol. The molecule has 4 rings (SSSR count). The van der Waals surface area contributed by atoms with Crippen LogP contribution in [0.5, 0.6) is 11.5 Å². The summed E-state index contributed by atoms with van der Waals surface area (Å²) in [4.78, 5) is 36.4. The molecular formula is C30H31NO7S. The number of ether oxygens (including phenoxy) is 2. The molecule has 0 aromatic heterocycles. The molecule has 0 aliphatic carbocycles. The van der Waals surface area contributed by atoms with Crippen LogP contribution in [0.3, 0.4) is 0 Å². The van der Waals surface area contributed by atoms with Crippen molar-refractivity contribution in [2.75, 3.05) is 19.5 Å². The lowest BCUT2D eigenvalue weighted by atomic mass is 9.98. The minimum absolute atomic E-state index is 0.171. The Hall–Kier alpha value is -3.98. The fourth-order valence-corrected chi connectivity index (χ4v) is 5.03. The van der Waals surface area contributed by atoms with E-state index in [0.29, 0.717) is 36.5 Å². The quantitative estimate of drug-likeness (QED) is 0.204. The molecule has 1 atom stereocenters. The Bertz CT molecular complexity index is 1460. The zero-order valence-corrected chi connectivity index (χ0v) is 22.8. The number of benzene rings is 3. The maximum atomic E-state index is 13.0. The second kappa shape index (κ2) is 12.3. The smallest absolute Gasteiger partial charge is 0.234 e. The molecule has 1 fully saturated rings. The predicted molar refractivity (Wildman–Crippen MR) is 146 cm³/mol. The summed E-state index contributed by atoms with van der Waals surface area (Å²) >= 11 is 0. The molecule has 1 unspecified atom stereocenters. The summed E-state index contributed by atoms with van der Waals surface area (Å²) in [5.41, 5.74) is 2.65. The Balaban J connectivity index is 1.30. The second-order valence-corrected chi connectivity index (χ2v) is 11.5. The molecule has 0 spiro atoms. The van der Waals surface area contributed by atoms with Gasteiger partial charge in [-0.1, -0.05) is 25.5 Å². The van der Waals surface area contributed by atoms with Crippen LogP contribution in [0.4, 0.5) is 0 Å². The summed E-state index contributed by atoms with van der Waals surface area (Å²) in [6, 6.07) is 18.5. The largest absolute Gasteiger partial charge is 0.493 e. The van der Waals surface area contributed by atoms with Crippen LogP contribution in [0.25, 0.3) is 0 Å². The lowest BCUT2D eigenvalue weighted by molar-refractivity contribution is -0.125. The minimum atomic E-state index is -3.33. The highest BCUT2D eigenvalue weighted by molar-refractivity contribution is 7.90. The number of imide groups is 1. The molecule has 3 aromatic rings. The molecule has 1 heterocycles. The third-order valence-corrected chi connectivity index (χ3v) is 7.58. The van der Waals surface area contributed by atoms with Gasteiger partial charge in [-0.25, -0.2) is 8.42 Å². The number of aryl methyl sites for hydroxylation is 1. The first-order valence-corrected chi connectivity index (χ1v) is 14.7. The molecule has 2 amide bonds. The standard InChI is InChI=1S/C30H31NO7S/c1-3-5-22-18-23(29(33)21-8-13-25(14-9-21)39(2,35)36)10-15-27(22)38-17-4-16-37-24-11-6-20(7-12-24)26-19-28(32)31-30(26)34/h6-15,18,26H,3-5,16-17,19H2,1-2H3,(H,31,32,34). The van der Waals surface area contributed by atoms with Crippen LogP contribution in [-0.4, -0.2) is 45.5 Å². The first kappa shape index (κ1) is 28.0. The van der Waals surface area contributed by atoms with Crippen molar-refractivity contribution in [3.63, 3.8) is 0 Å². The van der Waals surface area contributed by atoms with Crippen molar-refractivity contribution >= 4 is 27.4 Å². The summed E-state index contributed by atoms with van der Waals surface area (Å²) in [5, 5.41) is 2.32. The Morgan fingerprint density at radius 3 is 2.21 bits per heavy atom.